The molecule has 4 rings (SSSR count). The summed E-state index contributed by atoms with van der Waals surface area (Å²) in [5.74, 6) is 1.48. The van der Waals surface area contributed by atoms with Gasteiger partial charge in [-0.1, -0.05) is 23.3 Å². The van der Waals surface area contributed by atoms with Gasteiger partial charge in [0.25, 0.3) is 0 Å². The largest absolute Gasteiger partial charge is 0.508 e. The van der Waals surface area contributed by atoms with Crippen molar-refractivity contribution in [3.63, 3.8) is 0 Å². The van der Waals surface area contributed by atoms with Crippen LogP contribution in [0.4, 0.5) is 0 Å². The Hall–Kier alpha value is -2.04. The third-order valence-corrected chi connectivity index (χ3v) is 6.60. The van der Waals surface area contributed by atoms with Gasteiger partial charge in [-0.15, -0.1) is 0 Å². The zero-order valence-electron chi connectivity index (χ0n) is 13.2. The van der Waals surface area contributed by atoms with Crippen molar-refractivity contribution in [3.05, 3.63) is 29.3 Å². The van der Waals surface area contributed by atoms with Gasteiger partial charge in [-0.25, -0.2) is 0 Å². The molecule has 0 heterocycles. The highest BCUT2D eigenvalue weighted by molar-refractivity contribution is 6.03. The molecule has 4 atom stereocenters. The summed E-state index contributed by atoms with van der Waals surface area (Å²) < 4.78 is 0. The van der Waals surface area contributed by atoms with Crippen LogP contribution in [0.3, 0.4) is 0 Å². The SMILES string of the molecule is C[C@]12CCC3c4ccc(O)cc4C(=NO)CC3C1CC/C2=N\O. The van der Waals surface area contributed by atoms with E-state index in [1.165, 1.54) is 5.56 Å². The summed E-state index contributed by atoms with van der Waals surface area (Å²) in [6.07, 6.45) is 4.66. The van der Waals surface area contributed by atoms with E-state index in [2.05, 4.69) is 17.2 Å². The van der Waals surface area contributed by atoms with Crippen molar-refractivity contribution in [2.45, 2.75) is 44.9 Å². The molecule has 0 aliphatic heterocycles. The van der Waals surface area contributed by atoms with Gasteiger partial charge in [0, 0.05) is 11.0 Å². The lowest BCUT2D eigenvalue weighted by Crippen LogP contribution is -2.43. The third-order valence-electron chi connectivity index (χ3n) is 6.60. The molecular formula is C18H22N2O3. The topological polar surface area (TPSA) is 85.4 Å². The number of rotatable bonds is 0. The lowest BCUT2D eigenvalue weighted by Gasteiger charge is -2.48. The van der Waals surface area contributed by atoms with E-state index in [1.54, 1.807) is 12.1 Å². The van der Waals surface area contributed by atoms with Crippen LogP contribution < -0.4 is 0 Å². The standard InChI is InChI=1S/C18H22N2O3/c1-18-7-6-12-11-3-2-10(21)8-14(11)16(19-22)9-13(12)15(18)4-5-17(18)20-23/h2-3,8,12-13,15,21-23H,4-7,9H2,1H3/b19-16?,20-17+/t12?,13?,15?,18-/m0/s1. The summed E-state index contributed by atoms with van der Waals surface area (Å²) in [4.78, 5) is 0. The Morgan fingerprint density at radius 2 is 2.00 bits per heavy atom. The second kappa shape index (κ2) is 4.98. The maximum Gasteiger partial charge on any atom is 0.116 e. The first-order chi connectivity index (χ1) is 11.1. The van der Waals surface area contributed by atoms with Crippen molar-refractivity contribution in [1.82, 2.24) is 0 Å². The molecule has 3 unspecified atom stereocenters. The van der Waals surface area contributed by atoms with Crippen LogP contribution in [-0.4, -0.2) is 26.9 Å². The summed E-state index contributed by atoms with van der Waals surface area (Å²) >= 11 is 0. The molecule has 0 aromatic heterocycles. The van der Waals surface area contributed by atoms with Crippen molar-refractivity contribution in [2.75, 3.05) is 0 Å². The predicted molar refractivity (Wildman–Crippen MR) is 86.6 cm³/mol. The fourth-order valence-corrected chi connectivity index (χ4v) is 5.46. The molecule has 3 N–H and O–H groups in total. The molecule has 0 radical (unpaired) electrons. The van der Waals surface area contributed by atoms with E-state index in [4.69, 9.17) is 0 Å². The van der Waals surface area contributed by atoms with Gasteiger partial charge >= 0.3 is 0 Å². The molecule has 5 heteroatoms. The first-order valence-electron chi connectivity index (χ1n) is 8.34. The first kappa shape index (κ1) is 14.5. The molecule has 1 aromatic carbocycles. The average Bonchev–Trinajstić information content (AvgIpc) is 2.90. The van der Waals surface area contributed by atoms with Gasteiger partial charge in [0.15, 0.2) is 0 Å². The van der Waals surface area contributed by atoms with Gasteiger partial charge in [-0.3, -0.25) is 0 Å². The molecule has 5 nitrogen and oxygen atoms in total. The summed E-state index contributed by atoms with van der Waals surface area (Å²) in [6, 6.07) is 5.41. The van der Waals surface area contributed by atoms with Crippen LogP contribution in [0, 0.1) is 17.3 Å². The quantitative estimate of drug-likeness (QED) is 0.504. The van der Waals surface area contributed by atoms with Crippen LogP contribution in [0.2, 0.25) is 0 Å². The minimum Gasteiger partial charge on any atom is -0.508 e. The number of phenolic OH excluding ortho intramolecular Hbond substituents is 1. The van der Waals surface area contributed by atoms with Gasteiger partial charge in [-0.05, 0) is 67.6 Å². The zero-order chi connectivity index (χ0) is 16.2. The number of hydrogen-bond acceptors (Lipinski definition) is 5. The van der Waals surface area contributed by atoms with E-state index in [0.717, 1.165) is 43.4 Å². The van der Waals surface area contributed by atoms with Crippen molar-refractivity contribution >= 4 is 11.4 Å². The highest BCUT2D eigenvalue weighted by Gasteiger charge is 2.54. The molecule has 0 amide bonds. The lowest BCUT2D eigenvalue weighted by molar-refractivity contribution is 0.108. The highest BCUT2D eigenvalue weighted by atomic mass is 16.4. The molecule has 2 fully saturated rings. The normalized spacial score (nSPS) is 39.1. The molecular weight excluding hydrogens is 292 g/mol. The number of aromatic hydroxyl groups is 1. The van der Waals surface area contributed by atoms with Gasteiger partial charge in [0.1, 0.15) is 5.75 Å². The van der Waals surface area contributed by atoms with Crippen molar-refractivity contribution < 1.29 is 15.5 Å². The summed E-state index contributed by atoms with van der Waals surface area (Å²) in [5, 5.41) is 35.7. The second-order valence-corrected chi connectivity index (χ2v) is 7.44. The lowest BCUT2D eigenvalue weighted by atomic mass is 9.55. The Morgan fingerprint density at radius 3 is 2.74 bits per heavy atom. The molecule has 3 aliphatic rings. The zero-order valence-corrected chi connectivity index (χ0v) is 13.2. The van der Waals surface area contributed by atoms with Crippen molar-refractivity contribution in [3.8, 4) is 5.75 Å². The number of fused-ring (bicyclic) bond motifs is 5. The number of nitrogens with zero attached hydrogens (tertiary/aromatic N) is 2. The van der Waals surface area contributed by atoms with Gasteiger partial charge in [0.2, 0.25) is 0 Å². The van der Waals surface area contributed by atoms with Gasteiger partial charge in [0.05, 0.1) is 11.4 Å². The van der Waals surface area contributed by atoms with E-state index >= 15 is 0 Å². The van der Waals surface area contributed by atoms with E-state index in [-0.39, 0.29) is 11.2 Å². The maximum absolute atomic E-state index is 9.78. The number of phenols is 1. The molecule has 122 valence electrons. The third kappa shape index (κ3) is 1.92. The highest BCUT2D eigenvalue weighted by Crippen LogP contribution is 2.59. The van der Waals surface area contributed by atoms with Crippen LogP contribution in [0.1, 0.15) is 56.1 Å². The molecule has 0 bridgehead atoms. The molecule has 0 spiro atoms. The number of oxime groups is 2. The molecule has 23 heavy (non-hydrogen) atoms. The first-order valence-corrected chi connectivity index (χ1v) is 8.34. The van der Waals surface area contributed by atoms with E-state index in [1.807, 2.05) is 6.07 Å². The van der Waals surface area contributed by atoms with E-state index in [9.17, 15) is 15.5 Å². The van der Waals surface area contributed by atoms with E-state index in [0.29, 0.717) is 23.5 Å². The van der Waals surface area contributed by atoms with E-state index < -0.39 is 0 Å². The van der Waals surface area contributed by atoms with Crippen LogP contribution in [0.25, 0.3) is 0 Å². The Morgan fingerprint density at radius 1 is 1.17 bits per heavy atom. The average molecular weight is 314 g/mol. The molecule has 3 aliphatic carbocycles. The summed E-state index contributed by atoms with van der Waals surface area (Å²) in [6.45, 7) is 2.22. The maximum atomic E-state index is 9.78. The Kier molecular flexibility index (Phi) is 3.15. The van der Waals surface area contributed by atoms with Crippen LogP contribution in [0.5, 0.6) is 5.75 Å². The fraction of sp³-hybridized carbons (Fsp3) is 0.556. The van der Waals surface area contributed by atoms with Gasteiger partial charge in [-0.2, -0.15) is 0 Å². The van der Waals surface area contributed by atoms with Crippen LogP contribution >= 0.6 is 0 Å². The Bertz CT molecular complexity index is 712. The van der Waals surface area contributed by atoms with Crippen LogP contribution in [0.15, 0.2) is 28.5 Å². The fourth-order valence-electron chi connectivity index (χ4n) is 5.46. The smallest absolute Gasteiger partial charge is 0.116 e. The van der Waals surface area contributed by atoms with Gasteiger partial charge < -0.3 is 15.5 Å². The molecule has 1 aromatic rings. The summed E-state index contributed by atoms with van der Waals surface area (Å²) in [7, 11) is 0. The molecule has 0 saturated heterocycles. The minimum absolute atomic E-state index is 0.0368. The number of hydrogen-bond donors (Lipinski definition) is 3. The minimum atomic E-state index is -0.0368. The van der Waals surface area contributed by atoms with Crippen molar-refractivity contribution in [2.24, 2.45) is 27.6 Å². The Balaban J connectivity index is 1.79. The molecule has 2 saturated carbocycles. The predicted octanol–water partition coefficient (Wildman–Crippen LogP) is 3.71. The second-order valence-electron chi connectivity index (χ2n) is 7.44. The number of benzene rings is 1. The Labute approximate surface area is 135 Å². The van der Waals surface area contributed by atoms with Crippen molar-refractivity contribution in [1.29, 1.82) is 0 Å². The van der Waals surface area contributed by atoms with Crippen LogP contribution in [-0.2, 0) is 0 Å². The monoisotopic (exact) mass is 314 g/mol. The summed E-state index contributed by atoms with van der Waals surface area (Å²) in [5.41, 5.74) is 3.62.